The van der Waals surface area contributed by atoms with E-state index in [-0.39, 0.29) is 11.9 Å². The first kappa shape index (κ1) is 10.9. The Morgan fingerprint density at radius 2 is 1.79 bits per heavy atom. The van der Waals surface area contributed by atoms with Crippen molar-refractivity contribution in [2.24, 2.45) is 0 Å². The SMILES string of the molecule is CC(C)Oc1c(O)cccc1C(C)C. The summed E-state index contributed by atoms with van der Waals surface area (Å²) in [7, 11) is 0. The van der Waals surface area contributed by atoms with Crippen molar-refractivity contribution in [2.45, 2.75) is 39.7 Å². The smallest absolute Gasteiger partial charge is 0.164 e. The maximum absolute atomic E-state index is 9.66. The van der Waals surface area contributed by atoms with E-state index in [0.29, 0.717) is 11.7 Å². The molecule has 0 amide bonds. The summed E-state index contributed by atoms with van der Waals surface area (Å²) in [6.07, 6.45) is 0.0841. The third-order valence-electron chi connectivity index (χ3n) is 2.00. The van der Waals surface area contributed by atoms with Gasteiger partial charge in [-0.05, 0) is 25.8 Å². The van der Waals surface area contributed by atoms with Gasteiger partial charge in [-0.15, -0.1) is 0 Å². The summed E-state index contributed by atoms with van der Waals surface area (Å²) in [5.74, 6) is 1.21. The molecule has 0 saturated heterocycles. The molecule has 0 unspecified atom stereocenters. The number of ether oxygens (including phenoxy) is 1. The van der Waals surface area contributed by atoms with E-state index in [9.17, 15) is 5.11 Å². The third kappa shape index (κ3) is 2.41. The van der Waals surface area contributed by atoms with Crippen LogP contribution in [0.15, 0.2) is 18.2 Å². The van der Waals surface area contributed by atoms with E-state index in [2.05, 4.69) is 13.8 Å². The van der Waals surface area contributed by atoms with Crippen LogP contribution < -0.4 is 4.74 Å². The lowest BCUT2D eigenvalue weighted by Gasteiger charge is -2.17. The molecular formula is C12H18O2. The van der Waals surface area contributed by atoms with Crippen LogP contribution in [0.2, 0.25) is 0 Å². The van der Waals surface area contributed by atoms with Gasteiger partial charge in [0, 0.05) is 5.56 Å². The van der Waals surface area contributed by atoms with Crippen LogP contribution in [0, 0.1) is 0 Å². The highest BCUT2D eigenvalue weighted by molar-refractivity contribution is 5.47. The van der Waals surface area contributed by atoms with Gasteiger partial charge in [-0.2, -0.15) is 0 Å². The number of hydrogen-bond acceptors (Lipinski definition) is 2. The Kier molecular flexibility index (Phi) is 3.39. The molecule has 78 valence electrons. The molecule has 0 spiro atoms. The summed E-state index contributed by atoms with van der Waals surface area (Å²) in [6, 6.07) is 5.49. The standard InChI is InChI=1S/C12H18O2/c1-8(2)10-6-5-7-11(13)12(10)14-9(3)4/h5-9,13H,1-4H3. The molecule has 0 bridgehead atoms. The van der Waals surface area contributed by atoms with Gasteiger partial charge in [0.2, 0.25) is 0 Å². The zero-order valence-corrected chi connectivity index (χ0v) is 9.24. The zero-order valence-electron chi connectivity index (χ0n) is 9.24. The van der Waals surface area contributed by atoms with Gasteiger partial charge >= 0.3 is 0 Å². The van der Waals surface area contributed by atoms with Gasteiger partial charge in [0.15, 0.2) is 11.5 Å². The summed E-state index contributed by atoms with van der Waals surface area (Å²) in [6.45, 7) is 8.08. The summed E-state index contributed by atoms with van der Waals surface area (Å²) in [4.78, 5) is 0. The van der Waals surface area contributed by atoms with Crippen LogP contribution >= 0.6 is 0 Å². The largest absolute Gasteiger partial charge is 0.504 e. The van der Waals surface area contributed by atoms with Gasteiger partial charge in [-0.25, -0.2) is 0 Å². The second kappa shape index (κ2) is 4.36. The van der Waals surface area contributed by atoms with Crippen molar-refractivity contribution < 1.29 is 9.84 Å². The predicted molar refractivity (Wildman–Crippen MR) is 58.0 cm³/mol. The molecule has 0 aliphatic heterocycles. The minimum atomic E-state index is 0.0841. The molecule has 0 heterocycles. The molecule has 0 aromatic heterocycles. The maximum Gasteiger partial charge on any atom is 0.164 e. The molecule has 0 aliphatic carbocycles. The number of phenols is 1. The second-order valence-corrected chi connectivity index (χ2v) is 4.02. The van der Waals surface area contributed by atoms with Crippen LogP contribution in [0.3, 0.4) is 0 Å². The van der Waals surface area contributed by atoms with E-state index < -0.39 is 0 Å². The molecule has 0 aliphatic rings. The van der Waals surface area contributed by atoms with E-state index in [1.165, 1.54) is 0 Å². The minimum absolute atomic E-state index is 0.0841. The Morgan fingerprint density at radius 3 is 2.29 bits per heavy atom. The summed E-state index contributed by atoms with van der Waals surface area (Å²) < 4.78 is 5.59. The molecule has 0 fully saturated rings. The van der Waals surface area contributed by atoms with Crippen LogP contribution in [-0.4, -0.2) is 11.2 Å². The van der Waals surface area contributed by atoms with Crippen molar-refractivity contribution in [3.05, 3.63) is 23.8 Å². The Balaban J connectivity index is 3.09. The fraction of sp³-hybridized carbons (Fsp3) is 0.500. The highest BCUT2D eigenvalue weighted by Crippen LogP contribution is 2.35. The lowest BCUT2D eigenvalue weighted by molar-refractivity contribution is 0.228. The topological polar surface area (TPSA) is 29.5 Å². The highest BCUT2D eigenvalue weighted by Gasteiger charge is 2.12. The minimum Gasteiger partial charge on any atom is -0.504 e. The molecule has 1 aromatic rings. The van der Waals surface area contributed by atoms with E-state index in [1.807, 2.05) is 26.0 Å². The first-order valence-electron chi connectivity index (χ1n) is 5.01. The van der Waals surface area contributed by atoms with E-state index >= 15 is 0 Å². The van der Waals surface area contributed by atoms with Crippen LogP contribution in [-0.2, 0) is 0 Å². The molecule has 1 rings (SSSR count). The maximum atomic E-state index is 9.66. The molecule has 0 saturated carbocycles. The fourth-order valence-electron chi connectivity index (χ4n) is 1.36. The zero-order chi connectivity index (χ0) is 10.7. The Labute approximate surface area is 85.5 Å². The Hall–Kier alpha value is -1.18. The second-order valence-electron chi connectivity index (χ2n) is 4.02. The number of benzene rings is 1. The van der Waals surface area contributed by atoms with Gasteiger partial charge in [-0.1, -0.05) is 26.0 Å². The molecule has 2 nitrogen and oxygen atoms in total. The lowest BCUT2D eigenvalue weighted by Crippen LogP contribution is -2.08. The molecule has 0 radical (unpaired) electrons. The summed E-state index contributed by atoms with van der Waals surface area (Å²) >= 11 is 0. The Bertz CT molecular complexity index is 303. The van der Waals surface area contributed by atoms with Gasteiger partial charge < -0.3 is 9.84 Å². The van der Waals surface area contributed by atoms with Crippen molar-refractivity contribution in [2.75, 3.05) is 0 Å². The fourth-order valence-corrected chi connectivity index (χ4v) is 1.36. The monoisotopic (exact) mass is 194 g/mol. The molecule has 2 heteroatoms. The van der Waals surface area contributed by atoms with Crippen molar-refractivity contribution in [3.8, 4) is 11.5 Å². The van der Waals surface area contributed by atoms with E-state index in [4.69, 9.17) is 4.74 Å². The van der Waals surface area contributed by atoms with Crippen molar-refractivity contribution in [1.82, 2.24) is 0 Å². The van der Waals surface area contributed by atoms with Crippen LogP contribution in [0.25, 0.3) is 0 Å². The molecule has 0 atom stereocenters. The van der Waals surface area contributed by atoms with Crippen molar-refractivity contribution in [1.29, 1.82) is 0 Å². The lowest BCUT2D eigenvalue weighted by atomic mass is 10.0. The number of hydrogen-bond donors (Lipinski definition) is 1. The molecule has 1 N–H and O–H groups in total. The van der Waals surface area contributed by atoms with Crippen molar-refractivity contribution in [3.63, 3.8) is 0 Å². The van der Waals surface area contributed by atoms with Crippen LogP contribution in [0.5, 0.6) is 11.5 Å². The van der Waals surface area contributed by atoms with E-state index in [0.717, 1.165) is 5.56 Å². The number of rotatable bonds is 3. The van der Waals surface area contributed by atoms with Crippen LogP contribution in [0.4, 0.5) is 0 Å². The first-order chi connectivity index (χ1) is 6.52. The molecule has 14 heavy (non-hydrogen) atoms. The quantitative estimate of drug-likeness (QED) is 0.800. The van der Waals surface area contributed by atoms with Gasteiger partial charge in [-0.3, -0.25) is 0 Å². The average Bonchev–Trinajstić information content (AvgIpc) is 2.07. The summed E-state index contributed by atoms with van der Waals surface area (Å²) in [5, 5.41) is 9.66. The number of para-hydroxylation sites is 1. The molecular weight excluding hydrogens is 176 g/mol. The number of phenolic OH excluding ortho intramolecular Hbond substituents is 1. The van der Waals surface area contributed by atoms with Crippen LogP contribution in [0.1, 0.15) is 39.2 Å². The Morgan fingerprint density at radius 1 is 1.14 bits per heavy atom. The van der Waals surface area contributed by atoms with E-state index in [1.54, 1.807) is 6.07 Å². The predicted octanol–water partition coefficient (Wildman–Crippen LogP) is 3.30. The number of aromatic hydroxyl groups is 1. The van der Waals surface area contributed by atoms with Gasteiger partial charge in [0.05, 0.1) is 6.10 Å². The summed E-state index contributed by atoms with van der Waals surface area (Å²) in [5.41, 5.74) is 1.05. The molecule has 1 aromatic carbocycles. The van der Waals surface area contributed by atoms with Gasteiger partial charge in [0.25, 0.3) is 0 Å². The average molecular weight is 194 g/mol. The van der Waals surface area contributed by atoms with Crippen molar-refractivity contribution >= 4 is 0 Å². The third-order valence-corrected chi connectivity index (χ3v) is 2.00. The van der Waals surface area contributed by atoms with Gasteiger partial charge in [0.1, 0.15) is 0 Å². The first-order valence-corrected chi connectivity index (χ1v) is 5.01. The highest BCUT2D eigenvalue weighted by atomic mass is 16.5. The normalized spacial score (nSPS) is 11.0.